The van der Waals surface area contributed by atoms with Gasteiger partial charge in [-0.2, -0.15) is 0 Å². The molecule has 1 aromatic heterocycles. The Kier molecular flexibility index (Phi) is 4.62. The van der Waals surface area contributed by atoms with E-state index in [0.717, 1.165) is 33.7 Å². The summed E-state index contributed by atoms with van der Waals surface area (Å²) < 4.78 is 10.6. The van der Waals surface area contributed by atoms with Crippen LogP contribution in [0.25, 0.3) is 10.9 Å². The predicted octanol–water partition coefficient (Wildman–Crippen LogP) is 4.10. The summed E-state index contributed by atoms with van der Waals surface area (Å²) in [6.45, 7) is 0.547. The SMILES string of the molecule is COc1ccc(CNc2cnc3ccc(Cl)cc3c2N)c(OC)c1. The van der Waals surface area contributed by atoms with Crippen LogP contribution in [0.5, 0.6) is 11.5 Å². The Morgan fingerprint density at radius 3 is 2.71 bits per heavy atom. The number of methoxy groups -OCH3 is 2. The highest BCUT2D eigenvalue weighted by Gasteiger charge is 2.09. The number of nitrogens with zero attached hydrogens (tertiary/aromatic N) is 1. The molecule has 24 heavy (non-hydrogen) atoms. The predicted molar refractivity (Wildman–Crippen MR) is 98.0 cm³/mol. The number of hydrogen-bond acceptors (Lipinski definition) is 5. The van der Waals surface area contributed by atoms with E-state index in [1.54, 1.807) is 26.5 Å². The van der Waals surface area contributed by atoms with Gasteiger partial charge in [-0.25, -0.2) is 0 Å². The third kappa shape index (κ3) is 3.16. The van der Waals surface area contributed by atoms with Crippen LogP contribution in [0.3, 0.4) is 0 Å². The van der Waals surface area contributed by atoms with E-state index in [9.17, 15) is 0 Å². The van der Waals surface area contributed by atoms with E-state index in [1.165, 1.54) is 0 Å². The van der Waals surface area contributed by atoms with Gasteiger partial charge in [-0.05, 0) is 30.3 Å². The van der Waals surface area contributed by atoms with E-state index < -0.39 is 0 Å². The lowest BCUT2D eigenvalue weighted by Crippen LogP contribution is -2.05. The van der Waals surface area contributed by atoms with Gasteiger partial charge in [0, 0.05) is 28.6 Å². The third-order valence-electron chi connectivity index (χ3n) is 3.84. The first-order valence-electron chi connectivity index (χ1n) is 7.41. The molecule has 3 aromatic rings. The topological polar surface area (TPSA) is 69.4 Å². The number of nitrogens with two attached hydrogens (primary N) is 1. The molecule has 0 radical (unpaired) electrons. The molecule has 0 amide bonds. The second-order valence-electron chi connectivity index (χ2n) is 5.28. The highest BCUT2D eigenvalue weighted by molar-refractivity contribution is 6.31. The molecule has 0 fully saturated rings. The highest BCUT2D eigenvalue weighted by atomic mass is 35.5. The largest absolute Gasteiger partial charge is 0.497 e. The molecule has 3 N–H and O–H groups in total. The van der Waals surface area contributed by atoms with Gasteiger partial charge in [0.1, 0.15) is 11.5 Å². The fourth-order valence-corrected chi connectivity index (χ4v) is 2.69. The van der Waals surface area contributed by atoms with Crippen LogP contribution in [0, 0.1) is 0 Å². The van der Waals surface area contributed by atoms with Gasteiger partial charge in [0.05, 0.1) is 37.3 Å². The van der Waals surface area contributed by atoms with Crippen molar-refractivity contribution >= 4 is 33.9 Å². The van der Waals surface area contributed by atoms with Gasteiger partial charge in [0.25, 0.3) is 0 Å². The van der Waals surface area contributed by atoms with Crippen molar-refractivity contribution in [3.8, 4) is 11.5 Å². The monoisotopic (exact) mass is 343 g/mol. The maximum atomic E-state index is 6.26. The number of hydrogen-bond donors (Lipinski definition) is 2. The first-order valence-corrected chi connectivity index (χ1v) is 7.78. The first-order chi connectivity index (χ1) is 11.6. The van der Waals surface area contributed by atoms with Gasteiger partial charge in [-0.15, -0.1) is 0 Å². The molecular weight excluding hydrogens is 326 g/mol. The average Bonchev–Trinajstić information content (AvgIpc) is 2.61. The van der Waals surface area contributed by atoms with Crippen LogP contribution < -0.4 is 20.5 Å². The number of pyridine rings is 1. The normalized spacial score (nSPS) is 10.6. The number of ether oxygens (including phenoxy) is 2. The first kappa shape index (κ1) is 16.2. The summed E-state index contributed by atoms with van der Waals surface area (Å²) in [7, 11) is 3.26. The van der Waals surface area contributed by atoms with Crippen LogP contribution in [0.2, 0.25) is 5.02 Å². The van der Waals surface area contributed by atoms with E-state index >= 15 is 0 Å². The number of halogens is 1. The molecule has 0 aliphatic carbocycles. The molecule has 5 nitrogen and oxygen atoms in total. The minimum absolute atomic E-state index is 0.547. The van der Waals surface area contributed by atoms with Gasteiger partial charge >= 0.3 is 0 Å². The van der Waals surface area contributed by atoms with Crippen molar-refractivity contribution < 1.29 is 9.47 Å². The number of anilines is 2. The maximum absolute atomic E-state index is 6.26. The minimum Gasteiger partial charge on any atom is -0.497 e. The van der Waals surface area contributed by atoms with E-state index in [-0.39, 0.29) is 0 Å². The Bertz CT molecular complexity index is 884. The summed E-state index contributed by atoms with van der Waals surface area (Å²) in [6, 6.07) is 11.2. The summed E-state index contributed by atoms with van der Waals surface area (Å²) in [5.41, 5.74) is 9.43. The lowest BCUT2D eigenvalue weighted by Gasteiger charge is -2.14. The summed E-state index contributed by atoms with van der Waals surface area (Å²) in [5, 5.41) is 4.76. The van der Waals surface area contributed by atoms with Crippen molar-refractivity contribution in [2.24, 2.45) is 0 Å². The van der Waals surface area contributed by atoms with Gasteiger partial charge in [-0.3, -0.25) is 4.98 Å². The van der Waals surface area contributed by atoms with Crippen molar-refractivity contribution in [1.82, 2.24) is 4.98 Å². The number of benzene rings is 2. The van der Waals surface area contributed by atoms with Crippen molar-refractivity contribution in [2.75, 3.05) is 25.3 Å². The van der Waals surface area contributed by atoms with Gasteiger partial charge < -0.3 is 20.5 Å². The molecular formula is C18H18ClN3O2. The van der Waals surface area contributed by atoms with Crippen molar-refractivity contribution in [1.29, 1.82) is 0 Å². The average molecular weight is 344 g/mol. The van der Waals surface area contributed by atoms with Crippen LogP contribution in [0.1, 0.15) is 5.56 Å². The van der Waals surface area contributed by atoms with Crippen LogP contribution in [0.15, 0.2) is 42.6 Å². The standard InChI is InChI=1S/C18H18ClN3O2/c1-23-13-5-3-11(17(8-13)24-2)9-21-16-10-22-15-6-4-12(19)7-14(15)18(16)20/h3-8,10,21H,9H2,1-2H3,(H2,20,22). The number of fused-ring (bicyclic) bond motifs is 1. The Labute approximate surface area is 145 Å². The fraction of sp³-hybridized carbons (Fsp3) is 0.167. The summed E-state index contributed by atoms with van der Waals surface area (Å²) in [5.74, 6) is 1.49. The molecule has 0 aliphatic rings. The lowest BCUT2D eigenvalue weighted by atomic mass is 10.1. The Balaban J connectivity index is 1.87. The van der Waals surface area contributed by atoms with Crippen molar-refractivity contribution in [2.45, 2.75) is 6.54 Å². The molecule has 0 saturated carbocycles. The Hall–Kier alpha value is -2.66. The zero-order valence-corrected chi connectivity index (χ0v) is 14.2. The molecule has 124 valence electrons. The fourth-order valence-electron chi connectivity index (χ4n) is 2.51. The second kappa shape index (κ2) is 6.84. The van der Waals surface area contributed by atoms with E-state index in [4.69, 9.17) is 26.8 Å². The zero-order valence-electron chi connectivity index (χ0n) is 13.5. The third-order valence-corrected chi connectivity index (χ3v) is 4.07. The van der Waals surface area contributed by atoms with E-state index in [0.29, 0.717) is 17.3 Å². The van der Waals surface area contributed by atoms with Gasteiger partial charge in [0.15, 0.2) is 0 Å². The maximum Gasteiger partial charge on any atom is 0.127 e. The number of nitrogen functional groups attached to an aromatic ring is 1. The lowest BCUT2D eigenvalue weighted by molar-refractivity contribution is 0.391. The van der Waals surface area contributed by atoms with Crippen LogP contribution in [-0.4, -0.2) is 19.2 Å². The minimum atomic E-state index is 0.547. The van der Waals surface area contributed by atoms with Gasteiger partial charge in [0.2, 0.25) is 0 Å². The molecule has 0 aliphatic heterocycles. The Morgan fingerprint density at radius 1 is 1.12 bits per heavy atom. The smallest absolute Gasteiger partial charge is 0.127 e. The van der Waals surface area contributed by atoms with Crippen LogP contribution in [0.4, 0.5) is 11.4 Å². The molecule has 0 spiro atoms. The molecule has 0 atom stereocenters. The van der Waals surface area contributed by atoms with E-state index in [1.807, 2.05) is 30.3 Å². The number of aromatic nitrogens is 1. The van der Waals surface area contributed by atoms with Crippen molar-refractivity contribution in [3.05, 3.63) is 53.2 Å². The molecule has 0 bridgehead atoms. The summed E-state index contributed by atoms with van der Waals surface area (Å²) >= 11 is 6.05. The van der Waals surface area contributed by atoms with Crippen molar-refractivity contribution in [3.63, 3.8) is 0 Å². The molecule has 3 rings (SSSR count). The highest BCUT2D eigenvalue weighted by Crippen LogP contribution is 2.30. The molecule has 2 aromatic carbocycles. The summed E-state index contributed by atoms with van der Waals surface area (Å²) in [4.78, 5) is 4.41. The summed E-state index contributed by atoms with van der Waals surface area (Å²) in [6.07, 6.45) is 1.72. The van der Waals surface area contributed by atoms with Gasteiger partial charge in [-0.1, -0.05) is 11.6 Å². The Morgan fingerprint density at radius 2 is 1.96 bits per heavy atom. The van der Waals surface area contributed by atoms with Crippen LogP contribution >= 0.6 is 11.6 Å². The number of nitrogens with one attached hydrogen (secondary N) is 1. The molecule has 1 heterocycles. The molecule has 6 heteroatoms. The molecule has 0 unspecified atom stereocenters. The second-order valence-corrected chi connectivity index (χ2v) is 5.71. The molecule has 0 saturated heterocycles. The zero-order chi connectivity index (χ0) is 17.1. The van der Waals surface area contributed by atoms with E-state index in [2.05, 4.69) is 10.3 Å². The number of rotatable bonds is 5. The quantitative estimate of drug-likeness (QED) is 0.730. The van der Waals surface area contributed by atoms with Crippen LogP contribution in [-0.2, 0) is 6.54 Å².